The molecule has 280 valence electrons. The third-order valence-corrected chi connectivity index (χ3v) is 10.2. The van der Waals surface area contributed by atoms with Crippen LogP contribution in [0.3, 0.4) is 0 Å². The SMILES string of the molecule is Cc1ccnc(-n2c3[c-]c(Oc4[c-]c(-n5nc(C)c(-c6ccccc6)c5C)cc(CCC(C)(C)C)c4)ccc3c3cc(CCCCC(C)C)ccc32)c1.[Pt+2]. The van der Waals surface area contributed by atoms with Gasteiger partial charge in [-0.15, -0.1) is 35.7 Å². The first kappa shape index (κ1) is 39.2. The molecule has 0 N–H and O–H groups in total. The van der Waals surface area contributed by atoms with Crippen LogP contribution in [0.2, 0.25) is 0 Å². The Morgan fingerprint density at radius 1 is 0.778 bits per heavy atom. The Morgan fingerprint density at radius 3 is 2.31 bits per heavy atom. The van der Waals surface area contributed by atoms with Gasteiger partial charge in [0.1, 0.15) is 5.82 Å². The maximum Gasteiger partial charge on any atom is 2.00 e. The van der Waals surface area contributed by atoms with Crippen LogP contribution in [0.4, 0.5) is 0 Å². The molecule has 7 aromatic rings. The summed E-state index contributed by atoms with van der Waals surface area (Å²) in [5.41, 5.74) is 11.2. The van der Waals surface area contributed by atoms with Crippen LogP contribution in [-0.2, 0) is 33.9 Å². The molecule has 0 aliphatic rings. The predicted octanol–water partition coefficient (Wildman–Crippen LogP) is 12.7. The van der Waals surface area contributed by atoms with Gasteiger partial charge >= 0.3 is 21.1 Å². The first-order valence-electron chi connectivity index (χ1n) is 19.2. The number of aromatic nitrogens is 4. The van der Waals surface area contributed by atoms with Gasteiger partial charge in [0.25, 0.3) is 0 Å². The monoisotopic (exact) mass is 895 g/mol. The van der Waals surface area contributed by atoms with E-state index >= 15 is 0 Å². The smallest absolute Gasteiger partial charge is 0.509 e. The zero-order valence-electron chi connectivity index (χ0n) is 33.0. The molecule has 0 amide bonds. The van der Waals surface area contributed by atoms with Crippen molar-refractivity contribution < 1.29 is 25.8 Å². The van der Waals surface area contributed by atoms with E-state index < -0.39 is 0 Å². The molecule has 0 atom stereocenters. The van der Waals surface area contributed by atoms with Crippen LogP contribution in [0.1, 0.15) is 88.4 Å². The number of unbranched alkanes of at least 4 members (excludes halogenated alkanes) is 1. The molecule has 0 saturated heterocycles. The molecule has 7 rings (SSSR count). The van der Waals surface area contributed by atoms with Gasteiger partial charge in [-0.1, -0.05) is 95.4 Å². The minimum absolute atomic E-state index is 0. The van der Waals surface area contributed by atoms with Crippen molar-refractivity contribution in [3.63, 3.8) is 0 Å². The van der Waals surface area contributed by atoms with Crippen molar-refractivity contribution >= 4 is 21.8 Å². The third-order valence-electron chi connectivity index (χ3n) is 10.2. The van der Waals surface area contributed by atoms with Crippen molar-refractivity contribution in [3.05, 3.63) is 131 Å². The van der Waals surface area contributed by atoms with Crippen molar-refractivity contribution in [1.29, 1.82) is 0 Å². The fourth-order valence-corrected chi connectivity index (χ4v) is 7.38. The standard InChI is InChI=1S/C48H52N4O.Pt/c1-32(2)14-12-13-15-36-18-21-44-43(29-36)42-20-19-40(31-45(42)51(44)46-26-33(3)23-25-49-46)53-41-28-37(22-24-48(6,7)8)27-39(30-41)52-35(5)47(34(4)50-52)38-16-10-9-11-17-38;/h9-11,16-21,23,25-29,32H,12-15,22,24H2,1-8H3;/q-2;+2. The summed E-state index contributed by atoms with van der Waals surface area (Å²) in [7, 11) is 0. The van der Waals surface area contributed by atoms with Crippen molar-refractivity contribution in [3.8, 4) is 34.1 Å². The Hall–Kier alpha value is -4.47. The van der Waals surface area contributed by atoms with Gasteiger partial charge < -0.3 is 9.30 Å². The molecule has 0 radical (unpaired) electrons. The number of ether oxygens (including phenoxy) is 1. The van der Waals surface area contributed by atoms with Crippen LogP contribution in [0.5, 0.6) is 11.5 Å². The van der Waals surface area contributed by atoms with Gasteiger partial charge in [-0.2, -0.15) is 16.7 Å². The van der Waals surface area contributed by atoms with E-state index in [4.69, 9.17) is 14.8 Å². The fraction of sp³-hybridized carbons (Fsp3) is 0.333. The molecule has 0 aliphatic heterocycles. The summed E-state index contributed by atoms with van der Waals surface area (Å²) in [6.07, 6.45) is 8.65. The number of hydrogen-bond acceptors (Lipinski definition) is 3. The average Bonchev–Trinajstić information content (AvgIpc) is 3.61. The van der Waals surface area contributed by atoms with Gasteiger partial charge in [-0.25, -0.2) is 4.98 Å². The van der Waals surface area contributed by atoms with Crippen LogP contribution < -0.4 is 4.74 Å². The van der Waals surface area contributed by atoms with Gasteiger partial charge in [0.05, 0.1) is 5.69 Å². The molecule has 4 aromatic carbocycles. The average molecular weight is 896 g/mol. The van der Waals surface area contributed by atoms with Crippen LogP contribution in [-0.4, -0.2) is 19.3 Å². The number of aryl methyl sites for hydroxylation is 4. The van der Waals surface area contributed by atoms with Crippen LogP contribution in [0.25, 0.3) is 44.4 Å². The van der Waals surface area contributed by atoms with Gasteiger partial charge in [0.15, 0.2) is 0 Å². The van der Waals surface area contributed by atoms with E-state index in [-0.39, 0.29) is 26.5 Å². The maximum atomic E-state index is 6.72. The van der Waals surface area contributed by atoms with E-state index in [2.05, 4.69) is 139 Å². The molecule has 0 aliphatic carbocycles. The van der Waals surface area contributed by atoms with E-state index in [1.165, 1.54) is 35.8 Å². The number of hydrogen-bond donors (Lipinski definition) is 0. The predicted molar refractivity (Wildman–Crippen MR) is 220 cm³/mol. The minimum Gasteiger partial charge on any atom is -0.509 e. The van der Waals surface area contributed by atoms with E-state index in [1.54, 1.807) is 0 Å². The Morgan fingerprint density at radius 2 is 1.57 bits per heavy atom. The Kier molecular flexibility index (Phi) is 12.0. The summed E-state index contributed by atoms with van der Waals surface area (Å²) in [4.78, 5) is 4.82. The second-order valence-corrected chi connectivity index (χ2v) is 16.3. The zero-order valence-corrected chi connectivity index (χ0v) is 35.3. The molecule has 0 bridgehead atoms. The summed E-state index contributed by atoms with van der Waals surface area (Å²) in [6.45, 7) is 17.8. The molecular formula is C48H52N4OPt. The molecule has 5 nitrogen and oxygen atoms in total. The van der Waals surface area contributed by atoms with Gasteiger partial charge in [-0.05, 0) is 104 Å². The van der Waals surface area contributed by atoms with E-state index in [0.29, 0.717) is 11.5 Å². The van der Waals surface area contributed by atoms with E-state index in [0.717, 1.165) is 81.2 Å². The molecule has 0 fully saturated rings. The number of fused-ring (bicyclic) bond motifs is 3. The van der Waals surface area contributed by atoms with Gasteiger partial charge in [-0.3, -0.25) is 4.68 Å². The summed E-state index contributed by atoms with van der Waals surface area (Å²) < 4.78 is 11.0. The number of benzene rings is 4. The second kappa shape index (κ2) is 16.5. The molecule has 0 spiro atoms. The first-order valence-corrected chi connectivity index (χ1v) is 19.2. The normalized spacial score (nSPS) is 11.8. The second-order valence-electron chi connectivity index (χ2n) is 16.3. The van der Waals surface area contributed by atoms with E-state index in [9.17, 15) is 0 Å². The van der Waals surface area contributed by atoms with Crippen molar-refractivity contribution in [2.45, 2.75) is 93.9 Å². The quantitative estimate of drug-likeness (QED) is 0.0907. The Labute approximate surface area is 336 Å². The summed E-state index contributed by atoms with van der Waals surface area (Å²) in [5, 5.41) is 7.37. The third kappa shape index (κ3) is 8.74. The van der Waals surface area contributed by atoms with E-state index in [1.807, 2.05) is 29.1 Å². The van der Waals surface area contributed by atoms with Crippen molar-refractivity contribution in [2.75, 3.05) is 0 Å². The molecular weight excluding hydrogens is 844 g/mol. The van der Waals surface area contributed by atoms with Crippen molar-refractivity contribution in [1.82, 2.24) is 19.3 Å². The number of pyridine rings is 1. The summed E-state index contributed by atoms with van der Waals surface area (Å²) >= 11 is 0. The Balaban J connectivity index is 0.00000497. The first-order chi connectivity index (χ1) is 25.4. The van der Waals surface area contributed by atoms with Crippen LogP contribution in [0, 0.1) is 44.2 Å². The summed E-state index contributed by atoms with van der Waals surface area (Å²) in [5.74, 6) is 2.90. The molecule has 0 saturated carbocycles. The maximum absolute atomic E-state index is 6.72. The van der Waals surface area contributed by atoms with Crippen LogP contribution in [0.15, 0.2) is 91.1 Å². The molecule has 3 aromatic heterocycles. The van der Waals surface area contributed by atoms with Gasteiger partial charge in [0.2, 0.25) is 0 Å². The largest absolute Gasteiger partial charge is 2.00 e. The van der Waals surface area contributed by atoms with Crippen molar-refractivity contribution in [2.24, 2.45) is 11.3 Å². The molecule has 0 unspecified atom stereocenters. The minimum atomic E-state index is 0. The number of rotatable bonds is 12. The zero-order chi connectivity index (χ0) is 37.3. The molecule has 3 heterocycles. The van der Waals surface area contributed by atoms with Gasteiger partial charge in [0, 0.05) is 34.5 Å². The molecule has 6 heteroatoms. The molecule has 54 heavy (non-hydrogen) atoms. The topological polar surface area (TPSA) is 44.9 Å². The summed E-state index contributed by atoms with van der Waals surface area (Å²) in [6, 6.07) is 37.4. The Bertz CT molecular complexity index is 2380. The van der Waals surface area contributed by atoms with Crippen LogP contribution >= 0.6 is 0 Å². The fourth-order valence-electron chi connectivity index (χ4n) is 7.38. The number of nitrogens with zero attached hydrogens (tertiary/aromatic N) is 4.